The largest absolute Gasteiger partial charge is 0.426 e. The highest BCUT2D eigenvalue weighted by Gasteiger charge is 2.22. The number of nitrogens with two attached hydrogens (primary N) is 1. The first-order chi connectivity index (χ1) is 7.03. The predicted octanol–water partition coefficient (Wildman–Crippen LogP) is 3.66. The van der Waals surface area contributed by atoms with Crippen molar-refractivity contribution in [1.82, 2.24) is 0 Å². The zero-order valence-corrected chi connectivity index (χ0v) is 10.6. The molecule has 0 bridgehead atoms. The van der Waals surface area contributed by atoms with Crippen molar-refractivity contribution < 1.29 is 9.09 Å². The van der Waals surface area contributed by atoms with E-state index in [4.69, 9.17) is 10.0 Å². The van der Waals surface area contributed by atoms with Gasteiger partial charge < -0.3 is 4.52 Å². The number of hydrogen-bond acceptors (Lipinski definition) is 3. The summed E-state index contributed by atoms with van der Waals surface area (Å²) in [5.74, 6) is 0.555. The standard InChI is InChI=1S/C10H16NO2PS/c1-3-9(2)15-14(11,12)13-10-7-5-4-6-8-10/h4-9H,3H2,1-2H3,(H2,11,12). The Kier molecular flexibility index (Phi) is 4.71. The van der Waals surface area contributed by atoms with E-state index >= 15 is 0 Å². The van der Waals surface area contributed by atoms with Gasteiger partial charge in [0.1, 0.15) is 5.75 Å². The van der Waals surface area contributed by atoms with Gasteiger partial charge in [-0.25, -0.2) is 10.1 Å². The second-order valence-corrected chi connectivity index (χ2v) is 7.71. The van der Waals surface area contributed by atoms with Gasteiger partial charge in [-0.15, -0.1) is 0 Å². The number of rotatable bonds is 5. The van der Waals surface area contributed by atoms with Crippen molar-refractivity contribution in [3.63, 3.8) is 0 Å². The van der Waals surface area contributed by atoms with E-state index in [1.54, 1.807) is 12.1 Å². The average molecular weight is 245 g/mol. The fourth-order valence-corrected chi connectivity index (χ4v) is 4.42. The molecule has 1 rings (SSSR count). The molecule has 0 aromatic heterocycles. The van der Waals surface area contributed by atoms with Gasteiger partial charge >= 0.3 is 6.72 Å². The maximum absolute atomic E-state index is 11.9. The quantitative estimate of drug-likeness (QED) is 0.804. The molecule has 0 radical (unpaired) electrons. The Balaban J connectivity index is 2.61. The van der Waals surface area contributed by atoms with E-state index in [1.165, 1.54) is 11.4 Å². The molecular weight excluding hydrogens is 229 g/mol. The molecule has 0 saturated heterocycles. The molecular formula is C10H16NO2PS. The van der Waals surface area contributed by atoms with Crippen molar-refractivity contribution in [3.05, 3.63) is 30.3 Å². The first-order valence-electron chi connectivity index (χ1n) is 4.85. The first-order valence-corrected chi connectivity index (χ1v) is 8.03. The summed E-state index contributed by atoms with van der Waals surface area (Å²) in [4.78, 5) is 0. The molecule has 3 nitrogen and oxygen atoms in total. The van der Waals surface area contributed by atoms with Crippen LogP contribution in [0.25, 0.3) is 0 Å². The van der Waals surface area contributed by atoms with Crippen LogP contribution in [0.2, 0.25) is 0 Å². The van der Waals surface area contributed by atoms with E-state index < -0.39 is 6.72 Å². The molecule has 2 N–H and O–H groups in total. The molecule has 0 fully saturated rings. The van der Waals surface area contributed by atoms with E-state index in [1.807, 2.05) is 32.0 Å². The highest BCUT2D eigenvalue weighted by molar-refractivity contribution is 8.56. The van der Waals surface area contributed by atoms with Gasteiger partial charge in [-0.05, 0) is 29.9 Å². The van der Waals surface area contributed by atoms with E-state index in [9.17, 15) is 4.57 Å². The summed E-state index contributed by atoms with van der Waals surface area (Å²) in [5, 5.41) is 0.240. The lowest BCUT2D eigenvalue weighted by molar-refractivity contribution is 0.500. The van der Waals surface area contributed by atoms with Crippen LogP contribution in [0.15, 0.2) is 30.3 Å². The minimum Gasteiger partial charge on any atom is -0.426 e. The third-order valence-corrected chi connectivity index (χ3v) is 5.51. The molecule has 0 saturated carbocycles. The van der Waals surface area contributed by atoms with Crippen LogP contribution in [-0.2, 0) is 4.57 Å². The van der Waals surface area contributed by atoms with Crippen LogP contribution >= 0.6 is 18.1 Å². The zero-order chi connectivity index (χ0) is 11.3. The first kappa shape index (κ1) is 12.6. The minimum absolute atomic E-state index is 0.240. The van der Waals surface area contributed by atoms with Gasteiger partial charge in [0.25, 0.3) is 0 Å². The van der Waals surface area contributed by atoms with Gasteiger partial charge in [-0.3, -0.25) is 0 Å². The maximum Gasteiger partial charge on any atom is 0.371 e. The fourth-order valence-electron chi connectivity index (χ4n) is 0.975. The Morgan fingerprint density at radius 1 is 1.47 bits per heavy atom. The molecule has 1 aromatic rings. The summed E-state index contributed by atoms with van der Waals surface area (Å²) in [6.45, 7) is 0.942. The van der Waals surface area contributed by atoms with Gasteiger partial charge in [0.15, 0.2) is 0 Å². The summed E-state index contributed by atoms with van der Waals surface area (Å²) in [5.41, 5.74) is 5.62. The highest BCUT2D eigenvalue weighted by Crippen LogP contribution is 2.54. The number of hydrogen-bond donors (Lipinski definition) is 1. The molecule has 0 aliphatic carbocycles. The van der Waals surface area contributed by atoms with Gasteiger partial charge in [0.05, 0.1) is 0 Å². The molecule has 15 heavy (non-hydrogen) atoms. The average Bonchev–Trinajstić information content (AvgIpc) is 2.17. The molecule has 0 spiro atoms. The molecule has 0 aliphatic rings. The Morgan fingerprint density at radius 3 is 2.60 bits per heavy atom. The van der Waals surface area contributed by atoms with Crippen molar-refractivity contribution in [3.8, 4) is 5.75 Å². The third-order valence-electron chi connectivity index (χ3n) is 1.88. The fraction of sp³-hybridized carbons (Fsp3) is 0.400. The zero-order valence-electron chi connectivity index (χ0n) is 8.92. The molecule has 2 atom stereocenters. The van der Waals surface area contributed by atoms with Crippen LogP contribution in [-0.4, -0.2) is 5.25 Å². The molecule has 0 heterocycles. The summed E-state index contributed by atoms with van der Waals surface area (Å²) in [6.07, 6.45) is 0.921. The number of benzene rings is 1. The van der Waals surface area contributed by atoms with Gasteiger partial charge in [-0.1, -0.05) is 32.0 Å². The van der Waals surface area contributed by atoms with E-state index in [-0.39, 0.29) is 5.25 Å². The van der Waals surface area contributed by atoms with Gasteiger partial charge in [0.2, 0.25) is 0 Å². The summed E-state index contributed by atoms with van der Waals surface area (Å²) >= 11 is 1.21. The molecule has 84 valence electrons. The molecule has 0 amide bonds. The summed E-state index contributed by atoms with van der Waals surface area (Å²) in [7, 11) is 0. The molecule has 5 heteroatoms. The van der Waals surface area contributed by atoms with Crippen LogP contribution in [0.1, 0.15) is 20.3 Å². The topological polar surface area (TPSA) is 52.3 Å². The van der Waals surface area contributed by atoms with Crippen molar-refractivity contribution >= 4 is 18.1 Å². The van der Waals surface area contributed by atoms with Crippen LogP contribution in [0.3, 0.4) is 0 Å². The number of para-hydroxylation sites is 1. The molecule has 2 unspecified atom stereocenters. The Morgan fingerprint density at radius 2 is 2.07 bits per heavy atom. The monoisotopic (exact) mass is 245 g/mol. The summed E-state index contributed by atoms with van der Waals surface area (Å²) < 4.78 is 17.1. The van der Waals surface area contributed by atoms with Crippen molar-refractivity contribution in [2.24, 2.45) is 5.50 Å². The smallest absolute Gasteiger partial charge is 0.371 e. The maximum atomic E-state index is 11.9. The Labute approximate surface area is 94.6 Å². The predicted molar refractivity (Wildman–Crippen MR) is 66.2 cm³/mol. The third kappa shape index (κ3) is 4.74. The van der Waals surface area contributed by atoms with Gasteiger partial charge in [-0.2, -0.15) is 0 Å². The van der Waals surface area contributed by atoms with Gasteiger partial charge in [0, 0.05) is 5.25 Å². The van der Waals surface area contributed by atoms with Crippen LogP contribution in [0.4, 0.5) is 0 Å². The SMILES string of the molecule is CCC(C)SP(N)(=O)Oc1ccccc1. The van der Waals surface area contributed by atoms with Crippen LogP contribution in [0, 0.1) is 0 Å². The normalized spacial score (nSPS) is 16.7. The van der Waals surface area contributed by atoms with Crippen molar-refractivity contribution in [2.45, 2.75) is 25.5 Å². The van der Waals surface area contributed by atoms with Crippen molar-refractivity contribution in [2.75, 3.05) is 0 Å². The lowest BCUT2D eigenvalue weighted by Crippen LogP contribution is -2.03. The molecule has 0 aliphatic heterocycles. The highest BCUT2D eigenvalue weighted by atomic mass is 32.7. The lowest BCUT2D eigenvalue weighted by atomic mass is 10.3. The van der Waals surface area contributed by atoms with Crippen LogP contribution < -0.4 is 10.0 Å². The van der Waals surface area contributed by atoms with E-state index in [0.29, 0.717) is 5.75 Å². The van der Waals surface area contributed by atoms with Crippen molar-refractivity contribution in [1.29, 1.82) is 0 Å². The van der Waals surface area contributed by atoms with Crippen LogP contribution in [0.5, 0.6) is 5.75 Å². The second-order valence-electron chi connectivity index (χ2n) is 3.27. The molecule has 1 aromatic carbocycles. The van der Waals surface area contributed by atoms with E-state index in [2.05, 4.69) is 0 Å². The Bertz CT molecular complexity index is 345. The van der Waals surface area contributed by atoms with E-state index in [0.717, 1.165) is 6.42 Å². The second kappa shape index (κ2) is 5.59. The minimum atomic E-state index is -3.07. The lowest BCUT2D eigenvalue weighted by Gasteiger charge is -2.16. The Hall–Kier alpha value is -0.440. The summed E-state index contributed by atoms with van der Waals surface area (Å²) in [6, 6.07) is 9.01.